The molecule has 0 aliphatic carbocycles. The van der Waals surface area contributed by atoms with Gasteiger partial charge in [0.15, 0.2) is 0 Å². The predicted octanol–water partition coefficient (Wildman–Crippen LogP) is 5.96. The molecule has 0 fully saturated rings. The van der Waals surface area contributed by atoms with Crippen molar-refractivity contribution in [1.29, 1.82) is 0 Å². The van der Waals surface area contributed by atoms with Crippen molar-refractivity contribution in [3.63, 3.8) is 0 Å². The molecule has 2 heterocycles. The van der Waals surface area contributed by atoms with E-state index in [1.54, 1.807) is 12.4 Å². The van der Waals surface area contributed by atoms with Gasteiger partial charge in [-0.15, -0.1) is 0 Å². The van der Waals surface area contributed by atoms with E-state index in [1.807, 2.05) is 97.1 Å². The van der Waals surface area contributed by atoms with Gasteiger partial charge in [-0.25, -0.2) is 9.97 Å². The van der Waals surface area contributed by atoms with Crippen LogP contribution in [0.5, 0.6) is 0 Å². The molecule has 0 saturated heterocycles. The largest absolute Gasteiger partial charge is 0.341 e. The van der Waals surface area contributed by atoms with E-state index in [0.717, 1.165) is 39.2 Å². The Morgan fingerprint density at radius 3 is 2.19 bits per heavy atom. The fraction of sp³-hybridized carbons (Fsp3) is 0.0968. The number of carbonyl (C=O) groups is 1. The first-order valence-electron chi connectivity index (χ1n) is 11.9. The number of pyridine rings is 1. The molecule has 0 atom stereocenters. The zero-order valence-electron chi connectivity index (χ0n) is 20.0. The summed E-state index contributed by atoms with van der Waals surface area (Å²) in [5, 5.41) is 3.24. The molecule has 0 bridgehead atoms. The highest BCUT2D eigenvalue weighted by molar-refractivity contribution is 5.95. The molecule has 5 heteroatoms. The Kier molecular flexibility index (Phi) is 6.90. The van der Waals surface area contributed by atoms with Crippen LogP contribution in [-0.2, 0) is 6.42 Å². The van der Waals surface area contributed by atoms with Gasteiger partial charge in [-0.2, -0.15) is 0 Å². The second-order valence-electron chi connectivity index (χ2n) is 8.64. The summed E-state index contributed by atoms with van der Waals surface area (Å²) in [6.07, 6.45) is 5.65. The number of hydrogen-bond donors (Lipinski definition) is 1. The number of nitrogens with one attached hydrogen (secondary N) is 1. The molecule has 36 heavy (non-hydrogen) atoms. The summed E-state index contributed by atoms with van der Waals surface area (Å²) >= 11 is 0. The fourth-order valence-electron chi connectivity index (χ4n) is 4.31. The van der Waals surface area contributed by atoms with Crippen LogP contribution in [0.4, 0.5) is 0 Å². The van der Waals surface area contributed by atoms with Gasteiger partial charge in [-0.05, 0) is 59.5 Å². The van der Waals surface area contributed by atoms with Gasteiger partial charge in [0.05, 0.1) is 17.4 Å². The summed E-state index contributed by atoms with van der Waals surface area (Å²) in [5.41, 5.74) is 7.53. The number of carbonyl (C=O) groups excluding carboxylic acids is 1. The number of rotatable bonds is 7. The van der Waals surface area contributed by atoms with Crippen LogP contribution in [0.2, 0.25) is 0 Å². The Morgan fingerprint density at radius 2 is 1.53 bits per heavy atom. The predicted molar refractivity (Wildman–Crippen MR) is 141 cm³/mol. The summed E-state index contributed by atoms with van der Waals surface area (Å²) in [6, 6.07) is 31.5. The first-order chi connectivity index (χ1) is 17.7. The van der Waals surface area contributed by atoms with Gasteiger partial charge in [-0.1, -0.05) is 66.7 Å². The second kappa shape index (κ2) is 10.7. The summed E-state index contributed by atoms with van der Waals surface area (Å²) in [7, 11) is 0. The average Bonchev–Trinajstić information content (AvgIpc) is 2.94. The van der Waals surface area contributed by atoms with Gasteiger partial charge in [0.2, 0.25) is 0 Å². The van der Waals surface area contributed by atoms with E-state index in [-0.39, 0.29) is 11.9 Å². The Balaban J connectivity index is 1.43. The molecule has 0 aliphatic heterocycles. The maximum Gasteiger partial charge on any atom is 0.252 e. The smallest absolute Gasteiger partial charge is 0.252 e. The highest BCUT2D eigenvalue weighted by atomic mass is 16.1. The third-order valence-electron chi connectivity index (χ3n) is 6.26. The Labute approximate surface area is 210 Å². The standard InChI is InChI=1S/C31H26N4O/c1-22-14-15-25(19-26(22)20-29-27(13-8-17-33-29)28-16-18-32-21-34-28)31(36)35-30(23-9-4-2-5-10-23)24-11-6-3-7-12-24/h2-19,21,30H,20H2,1H3,(H,35,36). The van der Waals surface area contributed by atoms with Crippen molar-refractivity contribution < 1.29 is 4.79 Å². The summed E-state index contributed by atoms with van der Waals surface area (Å²) in [6.45, 7) is 2.06. The van der Waals surface area contributed by atoms with Crippen LogP contribution in [0.3, 0.4) is 0 Å². The van der Waals surface area contributed by atoms with Crippen LogP contribution in [0, 0.1) is 6.92 Å². The highest BCUT2D eigenvalue weighted by Crippen LogP contribution is 2.25. The lowest BCUT2D eigenvalue weighted by Gasteiger charge is -2.20. The SMILES string of the molecule is Cc1ccc(C(=O)NC(c2ccccc2)c2ccccc2)cc1Cc1ncccc1-c1ccncn1. The summed E-state index contributed by atoms with van der Waals surface area (Å²) < 4.78 is 0. The van der Waals surface area contributed by atoms with Crippen molar-refractivity contribution in [2.75, 3.05) is 0 Å². The zero-order chi connectivity index (χ0) is 24.7. The Morgan fingerprint density at radius 1 is 0.806 bits per heavy atom. The minimum absolute atomic E-state index is 0.119. The monoisotopic (exact) mass is 470 g/mol. The number of benzene rings is 3. The van der Waals surface area contributed by atoms with Gasteiger partial charge >= 0.3 is 0 Å². The van der Waals surface area contributed by atoms with Gasteiger partial charge in [0.25, 0.3) is 5.91 Å². The van der Waals surface area contributed by atoms with E-state index in [0.29, 0.717) is 12.0 Å². The van der Waals surface area contributed by atoms with Crippen molar-refractivity contribution in [2.24, 2.45) is 0 Å². The third-order valence-corrected chi connectivity index (χ3v) is 6.26. The molecule has 3 aromatic carbocycles. The Bertz CT molecular complexity index is 1410. The van der Waals surface area contributed by atoms with Gasteiger partial charge in [-0.3, -0.25) is 9.78 Å². The first-order valence-corrected chi connectivity index (χ1v) is 11.9. The molecular formula is C31H26N4O. The zero-order valence-corrected chi connectivity index (χ0v) is 20.0. The quantitative estimate of drug-likeness (QED) is 0.319. The molecular weight excluding hydrogens is 444 g/mol. The van der Waals surface area contributed by atoms with Crippen molar-refractivity contribution in [2.45, 2.75) is 19.4 Å². The molecule has 5 nitrogen and oxygen atoms in total. The molecule has 0 radical (unpaired) electrons. The van der Waals surface area contributed by atoms with Gasteiger partial charge < -0.3 is 5.32 Å². The van der Waals surface area contributed by atoms with Crippen LogP contribution >= 0.6 is 0 Å². The summed E-state index contributed by atoms with van der Waals surface area (Å²) in [4.78, 5) is 26.5. The molecule has 1 N–H and O–H groups in total. The van der Waals surface area contributed by atoms with E-state index >= 15 is 0 Å². The second-order valence-corrected chi connectivity index (χ2v) is 8.64. The maximum atomic E-state index is 13.5. The first kappa shape index (κ1) is 23.1. The number of aromatic nitrogens is 3. The fourth-order valence-corrected chi connectivity index (χ4v) is 4.31. The number of nitrogens with zero attached hydrogens (tertiary/aromatic N) is 3. The molecule has 176 valence electrons. The molecule has 5 rings (SSSR count). The summed E-state index contributed by atoms with van der Waals surface area (Å²) in [5.74, 6) is -0.119. The number of aryl methyl sites for hydroxylation is 1. The molecule has 0 aliphatic rings. The maximum absolute atomic E-state index is 13.5. The van der Waals surface area contributed by atoms with E-state index in [9.17, 15) is 4.79 Å². The van der Waals surface area contributed by atoms with Gasteiger partial charge in [0, 0.05) is 29.9 Å². The lowest BCUT2D eigenvalue weighted by molar-refractivity contribution is 0.0943. The van der Waals surface area contributed by atoms with Crippen LogP contribution in [0.25, 0.3) is 11.3 Å². The molecule has 0 saturated carbocycles. The van der Waals surface area contributed by atoms with Crippen LogP contribution in [0.15, 0.2) is 116 Å². The third kappa shape index (κ3) is 5.20. The molecule has 0 unspecified atom stereocenters. The number of hydrogen-bond acceptors (Lipinski definition) is 4. The average molecular weight is 471 g/mol. The Hall–Kier alpha value is -4.64. The lowest BCUT2D eigenvalue weighted by atomic mass is 9.96. The topological polar surface area (TPSA) is 67.8 Å². The lowest BCUT2D eigenvalue weighted by Crippen LogP contribution is -2.29. The van der Waals surface area contributed by atoms with Crippen LogP contribution in [0.1, 0.15) is 44.3 Å². The van der Waals surface area contributed by atoms with Crippen LogP contribution in [-0.4, -0.2) is 20.9 Å². The highest BCUT2D eigenvalue weighted by Gasteiger charge is 2.19. The molecule has 5 aromatic rings. The van der Waals surface area contributed by atoms with E-state index in [2.05, 4.69) is 27.2 Å². The van der Waals surface area contributed by atoms with Crippen molar-refractivity contribution >= 4 is 5.91 Å². The normalized spacial score (nSPS) is 10.8. The van der Waals surface area contributed by atoms with E-state index < -0.39 is 0 Å². The van der Waals surface area contributed by atoms with E-state index in [1.165, 1.54) is 6.33 Å². The molecule has 1 amide bonds. The number of amides is 1. The van der Waals surface area contributed by atoms with Crippen LogP contribution < -0.4 is 5.32 Å². The molecule has 2 aromatic heterocycles. The van der Waals surface area contributed by atoms with Crippen molar-refractivity contribution in [3.05, 3.63) is 149 Å². The van der Waals surface area contributed by atoms with Crippen molar-refractivity contribution in [1.82, 2.24) is 20.3 Å². The van der Waals surface area contributed by atoms with Crippen molar-refractivity contribution in [3.8, 4) is 11.3 Å². The minimum atomic E-state index is -0.246. The van der Waals surface area contributed by atoms with E-state index in [4.69, 9.17) is 0 Å². The molecule has 0 spiro atoms. The van der Waals surface area contributed by atoms with Gasteiger partial charge in [0.1, 0.15) is 6.33 Å². The minimum Gasteiger partial charge on any atom is -0.341 e.